The minimum absolute atomic E-state index is 0.00742. The summed E-state index contributed by atoms with van der Waals surface area (Å²) in [5.74, 6) is 0.152. The Labute approximate surface area is 307 Å². The zero-order valence-corrected chi connectivity index (χ0v) is 30.1. The first kappa shape index (κ1) is 33.4. The lowest BCUT2D eigenvalue weighted by atomic mass is 9.91. The van der Waals surface area contributed by atoms with Crippen LogP contribution in [0.5, 0.6) is 0 Å². The molecule has 2 saturated heterocycles. The van der Waals surface area contributed by atoms with Gasteiger partial charge in [-0.15, -0.1) is 10.2 Å². The number of hydrogen-bond donors (Lipinski definition) is 3. The molecular formula is C38H44N12O3. The van der Waals surface area contributed by atoms with E-state index in [9.17, 15) is 14.4 Å². The Bertz CT molecular complexity index is 2080. The predicted molar refractivity (Wildman–Crippen MR) is 198 cm³/mol. The molecule has 274 valence electrons. The fourth-order valence-corrected chi connectivity index (χ4v) is 7.87. The minimum Gasteiger partial charge on any atom is -0.364 e. The molecule has 53 heavy (non-hydrogen) atoms. The third-order valence-corrected chi connectivity index (χ3v) is 11.0. The van der Waals surface area contributed by atoms with Crippen molar-refractivity contribution in [3.05, 3.63) is 65.6 Å². The molecule has 0 bridgehead atoms. The number of carbonyl (C=O) groups is 3. The molecule has 3 aliphatic heterocycles. The summed E-state index contributed by atoms with van der Waals surface area (Å²) >= 11 is 0. The van der Waals surface area contributed by atoms with Crippen LogP contribution in [0, 0.1) is 5.92 Å². The van der Waals surface area contributed by atoms with Crippen molar-refractivity contribution in [2.75, 3.05) is 48.8 Å². The van der Waals surface area contributed by atoms with Gasteiger partial charge in [-0.25, -0.2) is 9.97 Å². The molecule has 2 aliphatic carbocycles. The third kappa shape index (κ3) is 6.47. The van der Waals surface area contributed by atoms with Gasteiger partial charge in [-0.2, -0.15) is 5.10 Å². The molecule has 3 amide bonds. The van der Waals surface area contributed by atoms with Crippen LogP contribution < -0.4 is 20.9 Å². The van der Waals surface area contributed by atoms with Crippen LogP contribution in [-0.2, 0) is 11.3 Å². The first-order chi connectivity index (χ1) is 25.8. The van der Waals surface area contributed by atoms with Gasteiger partial charge in [0.15, 0.2) is 11.5 Å². The number of fused-ring (bicyclic) bond motifs is 3. The second-order valence-corrected chi connectivity index (χ2v) is 15.0. The highest BCUT2D eigenvalue weighted by Gasteiger charge is 2.38. The van der Waals surface area contributed by atoms with E-state index < -0.39 is 0 Å². The van der Waals surface area contributed by atoms with Crippen LogP contribution >= 0.6 is 0 Å². The zero-order valence-electron chi connectivity index (χ0n) is 30.1. The Balaban J connectivity index is 0.959. The fourth-order valence-electron chi connectivity index (χ4n) is 7.87. The van der Waals surface area contributed by atoms with Crippen molar-refractivity contribution in [1.29, 1.82) is 0 Å². The zero-order chi connectivity index (χ0) is 36.2. The van der Waals surface area contributed by atoms with Crippen LogP contribution in [0.1, 0.15) is 96.4 Å². The summed E-state index contributed by atoms with van der Waals surface area (Å²) in [6.45, 7) is 6.03. The van der Waals surface area contributed by atoms with E-state index in [2.05, 4.69) is 70.6 Å². The van der Waals surface area contributed by atoms with Crippen molar-refractivity contribution in [3.63, 3.8) is 0 Å². The number of aromatic nitrogens is 6. The maximum atomic E-state index is 13.3. The summed E-state index contributed by atoms with van der Waals surface area (Å²) in [4.78, 5) is 54.1. The van der Waals surface area contributed by atoms with E-state index in [1.807, 2.05) is 29.3 Å². The normalized spacial score (nSPS) is 19.7. The topological polar surface area (TPSA) is 166 Å². The summed E-state index contributed by atoms with van der Waals surface area (Å²) in [7, 11) is 2.11. The Morgan fingerprint density at radius 3 is 2.53 bits per heavy atom. The van der Waals surface area contributed by atoms with E-state index in [1.165, 1.54) is 5.69 Å². The average Bonchev–Trinajstić information content (AvgIpc) is 4.07. The van der Waals surface area contributed by atoms with Crippen molar-refractivity contribution in [1.82, 2.24) is 45.1 Å². The lowest BCUT2D eigenvalue weighted by Crippen LogP contribution is -2.48. The number of benzene rings is 1. The van der Waals surface area contributed by atoms with Crippen molar-refractivity contribution in [2.45, 2.75) is 76.5 Å². The highest BCUT2D eigenvalue weighted by atomic mass is 16.2. The Morgan fingerprint density at radius 2 is 1.77 bits per heavy atom. The molecule has 15 nitrogen and oxygen atoms in total. The lowest BCUT2D eigenvalue weighted by molar-refractivity contribution is -0.117. The van der Waals surface area contributed by atoms with E-state index in [0.29, 0.717) is 18.1 Å². The van der Waals surface area contributed by atoms with Crippen LogP contribution in [0.2, 0.25) is 0 Å². The predicted octanol–water partition coefficient (Wildman–Crippen LogP) is 4.31. The first-order valence-corrected chi connectivity index (χ1v) is 18.9. The van der Waals surface area contributed by atoms with Crippen LogP contribution in [0.4, 0.5) is 22.9 Å². The number of anilines is 4. The van der Waals surface area contributed by atoms with Crippen molar-refractivity contribution < 1.29 is 14.4 Å². The van der Waals surface area contributed by atoms with Gasteiger partial charge >= 0.3 is 0 Å². The molecule has 0 radical (unpaired) electrons. The molecule has 1 atom stereocenters. The number of nitrogens with zero attached hydrogens (tertiary/aromatic N) is 9. The summed E-state index contributed by atoms with van der Waals surface area (Å²) in [6.07, 6.45) is 10.2. The third-order valence-electron chi connectivity index (χ3n) is 11.0. The maximum Gasteiger partial charge on any atom is 0.291 e. The monoisotopic (exact) mass is 716 g/mol. The van der Waals surface area contributed by atoms with E-state index in [0.717, 1.165) is 99.3 Å². The number of para-hydroxylation sites is 1. The second kappa shape index (κ2) is 13.5. The van der Waals surface area contributed by atoms with E-state index >= 15 is 0 Å². The van der Waals surface area contributed by atoms with Gasteiger partial charge in [0.2, 0.25) is 11.7 Å². The van der Waals surface area contributed by atoms with Gasteiger partial charge in [-0.3, -0.25) is 24.0 Å². The standard InChI is InChI=1S/C38H44N12O3/c1-3-30-34-27(18-40-50(34)25-20-48(21-25)19-24-13-14-39-35(41-24)38(53)49-15-4-5-16-49)26-7-6-8-28(33(26)47(30)2)43-29-17-31(44-36(51)22-9-10-22)45-46-32(29)37(52)42-23-11-12-23/h6-8,13-14,17-18,22-23,25,30H,3-5,9-12,15-16,19-21H2,1-2H3,(H,42,52)(H2,43,44,45,51). The summed E-state index contributed by atoms with van der Waals surface area (Å²) < 4.78 is 2.20. The van der Waals surface area contributed by atoms with Crippen LogP contribution in [0.3, 0.4) is 0 Å². The minimum atomic E-state index is -0.291. The number of nitrogens with one attached hydrogen (secondary N) is 3. The Hall–Kier alpha value is -5.44. The Morgan fingerprint density at radius 1 is 0.962 bits per heavy atom. The number of likely N-dealkylation sites (tertiary alicyclic amines) is 2. The van der Waals surface area contributed by atoms with E-state index in [1.54, 1.807) is 12.3 Å². The van der Waals surface area contributed by atoms with Gasteiger partial charge < -0.3 is 25.8 Å². The fraction of sp³-hybridized carbons (Fsp3) is 0.474. The molecule has 1 unspecified atom stereocenters. The van der Waals surface area contributed by atoms with Gasteiger partial charge in [0, 0.05) is 75.1 Å². The summed E-state index contributed by atoms with van der Waals surface area (Å²) in [5.41, 5.74) is 6.64. The lowest BCUT2D eigenvalue weighted by Gasteiger charge is -2.43. The van der Waals surface area contributed by atoms with E-state index in [-0.39, 0.29) is 53.3 Å². The number of rotatable bonds is 11. The van der Waals surface area contributed by atoms with Crippen LogP contribution in [0.25, 0.3) is 11.1 Å². The molecule has 4 aromatic rings. The van der Waals surface area contributed by atoms with Crippen molar-refractivity contribution >= 4 is 40.6 Å². The average molecular weight is 717 g/mol. The van der Waals surface area contributed by atoms with Crippen LogP contribution in [-0.4, -0.2) is 96.7 Å². The quantitative estimate of drug-likeness (QED) is 0.203. The molecule has 3 aromatic heterocycles. The van der Waals surface area contributed by atoms with E-state index in [4.69, 9.17) is 5.10 Å². The highest BCUT2D eigenvalue weighted by molar-refractivity contribution is 6.01. The molecular weight excluding hydrogens is 672 g/mol. The second-order valence-electron chi connectivity index (χ2n) is 15.0. The summed E-state index contributed by atoms with van der Waals surface area (Å²) in [5, 5.41) is 22.9. The SMILES string of the molecule is CCC1c2c(cnn2C2CN(Cc3ccnc(C(=O)N4CCCC4)n3)C2)-c2cccc(Nc3cc(NC(=O)C4CC4)nnc3C(=O)NC3CC3)c2N1C. The molecule has 15 heteroatoms. The largest absolute Gasteiger partial charge is 0.364 e. The van der Waals surface area contributed by atoms with Gasteiger partial charge in [-0.1, -0.05) is 19.1 Å². The molecule has 1 aromatic carbocycles. The maximum absolute atomic E-state index is 13.3. The molecule has 3 N–H and O–H groups in total. The molecule has 0 spiro atoms. The summed E-state index contributed by atoms with van der Waals surface area (Å²) in [6, 6.07) is 10.1. The molecule has 2 saturated carbocycles. The molecule has 4 fully saturated rings. The van der Waals surface area contributed by atoms with Gasteiger partial charge in [0.05, 0.1) is 46.7 Å². The van der Waals surface area contributed by atoms with Crippen molar-refractivity contribution in [3.8, 4) is 11.1 Å². The van der Waals surface area contributed by atoms with Gasteiger partial charge in [-0.05, 0) is 57.1 Å². The highest BCUT2D eigenvalue weighted by Crippen LogP contribution is 2.50. The van der Waals surface area contributed by atoms with Crippen LogP contribution in [0.15, 0.2) is 42.7 Å². The smallest absolute Gasteiger partial charge is 0.291 e. The number of amides is 3. The van der Waals surface area contributed by atoms with Gasteiger partial charge in [0.25, 0.3) is 11.8 Å². The van der Waals surface area contributed by atoms with Crippen molar-refractivity contribution in [2.24, 2.45) is 5.92 Å². The molecule has 9 rings (SSSR count). The molecule has 6 heterocycles. The Kier molecular flexibility index (Phi) is 8.52. The van der Waals surface area contributed by atoms with Gasteiger partial charge in [0.1, 0.15) is 0 Å². The molecule has 5 aliphatic rings. The first-order valence-electron chi connectivity index (χ1n) is 18.9. The number of hydrogen-bond acceptors (Lipinski definition) is 11. The number of carbonyl (C=O) groups excluding carboxylic acids is 3.